The van der Waals surface area contributed by atoms with Crippen molar-refractivity contribution >= 4 is 23.1 Å². The molecular weight excluding hydrogens is 196 g/mol. The van der Waals surface area contributed by atoms with E-state index in [1.807, 2.05) is 12.2 Å². The van der Waals surface area contributed by atoms with E-state index >= 15 is 0 Å². The second-order valence-corrected chi connectivity index (χ2v) is 2.90. The quantitative estimate of drug-likeness (QED) is 0.497. The molecule has 0 heterocycles. The zero-order valence-corrected chi connectivity index (χ0v) is 8.65. The van der Waals surface area contributed by atoms with Crippen molar-refractivity contribution in [2.24, 2.45) is 0 Å². The first-order valence-corrected chi connectivity index (χ1v) is 4.37. The van der Waals surface area contributed by atoms with E-state index < -0.39 is 17.3 Å². The van der Waals surface area contributed by atoms with Gasteiger partial charge in [-0.05, 0) is 6.08 Å². The summed E-state index contributed by atoms with van der Waals surface area (Å²) in [7, 11) is 0. The Morgan fingerprint density at radius 1 is 1.07 bits per heavy atom. The van der Waals surface area contributed by atoms with Crippen molar-refractivity contribution in [2.75, 3.05) is 0 Å². The maximum Gasteiger partial charge on any atom is 0.263 e. The molecule has 0 aromatic rings. The number of hydrogen-bond donors (Lipinski definition) is 0. The molecule has 0 saturated heterocycles. The summed E-state index contributed by atoms with van der Waals surface area (Å²) in [4.78, 5) is 40.5. The molecule has 0 aromatic carbocycles. The van der Waals surface area contributed by atoms with E-state index in [9.17, 15) is 19.2 Å². The van der Waals surface area contributed by atoms with E-state index in [2.05, 4.69) is 0 Å². The topological polar surface area (TPSA) is 68.3 Å². The summed E-state index contributed by atoms with van der Waals surface area (Å²) in [6, 6.07) is 0. The fraction of sp³-hybridized carbons (Fsp3) is 0.273. The van der Waals surface area contributed by atoms with Gasteiger partial charge >= 0.3 is 0 Å². The van der Waals surface area contributed by atoms with E-state index in [0.717, 1.165) is 13.8 Å². The summed E-state index contributed by atoms with van der Waals surface area (Å²) in [6.07, 6.45) is 7.64. The molecule has 4 heteroatoms. The monoisotopic (exact) mass is 208 g/mol. The maximum atomic E-state index is 10.3. The van der Waals surface area contributed by atoms with Gasteiger partial charge in [0.05, 0.1) is 0 Å². The van der Waals surface area contributed by atoms with Crippen molar-refractivity contribution in [1.29, 1.82) is 0 Å². The van der Waals surface area contributed by atoms with Crippen LogP contribution in [0.2, 0.25) is 0 Å². The van der Waals surface area contributed by atoms with Gasteiger partial charge in [-0.3, -0.25) is 19.2 Å². The lowest BCUT2D eigenvalue weighted by Crippen LogP contribution is -2.17. The van der Waals surface area contributed by atoms with Crippen LogP contribution in [0.15, 0.2) is 24.3 Å². The second kappa shape index (κ2) is 6.59. The molecular formula is C11H12O4. The smallest absolute Gasteiger partial charge is 0.263 e. The predicted molar refractivity (Wildman–Crippen MR) is 54.3 cm³/mol. The van der Waals surface area contributed by atoms with Gasteiger partial charge in [0, 0.05) is 20.3 Å². The van der Waals surface area contributed by atoms with Gasteiger partial charge in [0.2, 0.25) is 11.6 Å². The van der Waals surface area contributed by atoms with Crippen LogP contribution in [0.5, 0.6) is 0 Å². The first-order valence-electron chi connectivity index (χ1n) is 4.37. The molecule has 0 atom stereocenters. The van der Waals surface area contributed by atoms with Gasteiger partial charge < -0.3 is 0 Å². The fourth-order valence-electron chi connectivity index (χ4n) is 0.742. The Hall–Kier alpha value is -1.84. The number of allylic oxidation sites excluding steroid dienone is 4. The van der Waals surface area contributed by atoms with Gasteiger partial charge in [0.15, 0.2) is 5.78 Å². The highest BCUT2D eigenvalue weighted by Gasteiger charge is 2.11. The van der Waals surface area contributed by atoms with Crippen molar-refractivity contribution in [3.05, 3.63) is 24.3 Å². The minimum absolute atomic E-state index is 0.197. The maximum absolute atomic E-state index is 10.3. The number of ketones is 4. The van der Waals surface area contributed by atoms with Crippen LogP contribution < -0.4 is 0 Å². The zero-order chi connectivity index (χ0) is 11.8. The molecule has 1 rings (SSSR count). The molecule has 0 aliphatic heterocycles. The molecule has 1 aliphatic rings. The van der Waals surface area contributed by atoms with Crippen LogP contribution in [0.3, 0.4) is 0 Å². The van der Waals surface area contributed by atoms with Gasteiger partial charge in [-0.2, -0.15) is 0 Å². The average molecular weight is 208 g/mol. The molecule has 0 bridgehead atoms. The first-order chi connectivity index (χ1) is 6.95. The molecule has 0 N–H and O–H groups in total. The summed E-state index contributed by atoms with van der Waals surface area (Å²) in [6.45, 7) is 2.15. The van der Waals surface area contributed by atoms with Crippen molar-refractivity contribution < 1.29 is 19.2 Å². The van der Waals surface area contributed by atoms with E-state index in [1.165, 1.54) is 0 Å². The van der Waals surface area contributed by atoms with Gasteiger partial charge in [0.25, 0.3) is 5.78 Å². The van der Waals surface area contributed by atoms with Gasteiger partial charge in [-0.15, -0.1) is 0 Å². The number of carbonyl (C=O) groups is 4. The molecule has 0 saturated carbocycles. The third kappa shape index (κ3) is 6.26. The molecule has 0 aromatic heterocycles. The Morgan fingerprint density at radius 3 is 1.73 bits per heavy atom. The Kier molecular flexibility index (Phi) is 5.78. The van der Waals surface area contributed by atoms with Crippen LogP contribution in [0.25, 0.3) is 0 Å². The highest BCUT2D eigenvalue weighted by Crippen LogP contribution is 1.94. The van der Waals surface area contributed by atoms with Crippen LogP contribution in [0, 0.1) is 0 Å². The van der Waals surface area contributed by atoms with Gasteiger partial charge in [-0.1, -0.05) is 18.2 Å². The number of hydrogen-bond acceptors (Lipinski definition) is 4. The minimum Gasteiger partial charge on any atom is -0.295 e. The van der Waals surface area contributed by atoms with E-state index in [1.54, 1.807) is 12.2 Å². The van der Waals surface area contributed by atoms with Crippen molar-refractivity contribution in [2.45, 2.75) is 20.3 Å². The molecule has 0 unspecified atom stereocenters. The number of rotatable bonds is 2. The lowest BCUT2D eigenvalue weighted by molar-refractivity contribution is -0.142. The number of carbonyl (C=O) groups excluding carboxylic acids is 4. The third-order valence-corrected chi connectivity index (χ3v) is 1.49. The summed E-state index contributed by atoms with van der Waals surface area (Å²) in [5.74, 6) is -2.12. The molecule has 80 valence electrons. The van der Waals surface area contributed by atoms with Gasteiger partial charge in [0.1, 0.15) is 0 Å². The second-order valence-electron chi connectivity index (χ2n) is 2.90. The lowest BCUT2D eigenvalue weighted by atomic mass is 10.2. The van der Waals surface area contributed by atoms with Crippen molar-refractivity contribution in [3.63, 3.8) is 0 Å². The Balaban J connectivity index is 0.000000262. The summed E-state index contributed by atoms with van der Waals surface area (Å²) in [5.41, 5.74) is 0. The summed E-state index contributed by atoms with van der Waals surface area (Å²) in [5, 5.41) is 0. The SMILES string of the molecule is CC(=O)C(=O)C(C)=O.O=C1C=CC=CC1. The summed E-state index contributed by atoms with van der Waals surface area (Å²) < 4.78 is 0. The molecule has 1 aliphatic carbocycles. The highest BCUT2D eigenvalue weighted by molar-refractivity contribution is 6.62. The third-order valence-electron chi connectivity index (χ3n) is 1.49. The summed E-state index contributed by atoms with van der Waals surface area (Å²) >= 11 is 0. The standard InChI is InChI=1S/C6H6O.C5H6O3/c7-6-4-2-1-3-5-6;1-3(6)5(8)4(2)7/h1-4H,5H2;1-2H3. The van der Waals surface area contributed by atoms with E-state index in [-0.39, 0.29) is 5.78 Å². The van der Waals surface area contributed by atoms with Crippen LogP contribution in [0.4, 0.5) is 0 Å². The minimum atomic E-state index is -0.926. The molecule has 15 heavy (non-hydrogen) atoms. The predicted octanol–water partition coefficient (Wildman–Crippen LogP) is 0.805. The van der Waals surface area contributed by atoms with Crippen LogP contribution >= 0.6 is 0 Å². The Labute approximate surface area is 87.7 Å². The van der Waals surface area contributed by atoms with Crippen LogP contribution in [-0.2, 0) is 19.2 Å². The zero-order valence-electron chi connectivity index (χ0n) is 8.65. The Bertz CT molecular complexity index is 332. The van der Waals surface area contributed by atoms with Crippen LogP contribution in [0.1, 0.15) is 20.3 Å². The molecule has 0 amide bonds. The molecule has 0 fully saturated rings. The largest absolute Gasteiger partial charge is 0.295 e. The molecule has 0 radical (unpaired) electrons. The fourth-order valence-corrected chi connectivity index (χ4v) is 0.742. The van der Waals surface area contributed by atoms with E-state index in [0.29, 0.717) is 6.42 Å². The normalized spacial score (nSPS) is 12.8. The number of Topliss-reactive ketones (excluding diaryl/α,β-unsaturated/α-hetero) is 3. The van der Waals surface area contributed by atoms with Crippen LogP contribution in [-0.4, -0.2) is 23.1 Å². The van der Waals surface area contributed by atoms with Crippen molar-refractivity contribution in [1.82, 2.24) is 0 Å². The molecule has 4 nitrogen and oxygen atoms in total. The molecule has 0 spiro atoms. The average Bonchev–Trinajstić information content (AvgIpc) is 2.18. The Morgan fingerprint density at radius 2 is 1.60 bits per heavy atom. The van der Waals surface area contributed by atoms with Gasteiger partial charge in [-0.25, -0.2) is 0 Å². The highest BCUT2D eigenvalue weighted by atomic mass is 16.2. The first kappa shape index (κ1) is 13.2. The van der Waals surface area contributed by atoms with Crippen molar-refractivity contribution in [3.8, 4) is 0 Å². The lowest BCUT2D eigenvalue weighted by Gasteiger charge is -1.88. The van der Waals surface area contributed by atoms with E-state index in [4.69, 9.17) is 0 Å².